The van der Waals surface area contributed by atoms with Crippen LogP contribution in [0.15, 0.2) is 47.8 Å². The van der Waals surface area contributed by atoms with Crippen LogP contribution in [0, 0.1) is 25.7 Å². The topological polar surface area (TPSA) is 158 Å². The molecule has 10 heteroatoms. The molecule has 4 aromatic rings. The first-order valence-electron chi connectivity index (χ1n) is 15.7. The van der Waals surface area contributed by atoms with Crippen molar-refractivity contribution < 1.29 is 24.2 Å². The van der Waals surface area contributed by atoms with E-state index in [1.165, 1.54) is 24.0 Å². The maximum absolute atomic E-state index is 13.9. The van der Waals surface area contributed by atoms with Crippen LogP contribution in [0.25, 0.3) is 21.6 Å². The van der Waals surface area contributed by atoms with E-state index in [1.807, 2.05) is 37.4 Å². The Balaban J connectivity index is 0.000000462. The van der Waals surface area contributed by atoms with E-state index in [4.69, 9.17) is 16.2 Å². The summed E-state index contributed by atoms with van der Waals surface area (Å²) in [4.78, 5) is 42.8. The summed E-state index contributed by atoms with van der Waals surface area (Å²) in [5.41, 5.74) is 16.4. The molecule has 0 unspecified atom stereocenters. The highest BCUT2D eigenvalue weighted by Crippen LogP contribution is 2.44. The van der Waals surface area contributed by atoms with Gasteiger partial charge in [-0.2, -0.15) is 0 Å². The van der Waals surface area contributed by atoms with Crippen molar-refractivity contribution >= 4 is 34.8 Å². The van der Waals surface area contributed by atoms with Gasteiger partial charge in [-0.05, 0) is 90.1 Å². The molecular formula is C36H38N4O5S. The number of primary amides is 1. The summed E-state index contributed by atoms with van der Waals surface area (Å²) in [6.45, 7) is 4.58. The summed E-state index contributed by atoms with van der Waals surface area (Å²) in [6, 6.07) is 12.1. The number of carbonyl (C=O) groups is 3. The Labute approximate surface area is 272 Å². The number of hydrogen-bond donors (Lipinski definition) is 4. The molecule has 2 aliphatic carbocycles. The number of rotatable bonds is 6. The minimum Gasteiger partial charge on any atom is -0.493 e. The third-order valence-corrected chi connectivity index (χ3v) is 10.3. The summed E-state index contributed by atoms with van der Waals surface area (Å²) in [6.07, 6.45) is 8.52. The quantitative estimate of drug-likeness (QED) is 0.182. The minimum absolute atomic E-state index is 0.159. The molecule has 2 aromatic heterocycles. The van der Waals surface area contributed by atoms with E-state index < -0.39 is 23.5 Å². The number of thiophene rings is 1. The number of aryl methyl sites for hydroxylation is 2. The molecule has 0 spiro atoms. The van der Waals surface area contributed by atoms with Crippen molar-refractivity contribution in [2.45, 2.75) is 58.9 Å². The molecule has 2 amide bonds. The summed E-state index contributed by atoms with van der Waals surface area (Å²) in [7, 11) is 0. The van der Waals surface area contributed by atoms with E-state index in [2.05, 4.69) is 10.3 Å². The zero-order valence-electron chi connectivity index (χ0n) is 26.0. The average Bonchev–Trinajstić information content (AvgIpc) is 3.80. The van der Waals surface area contributed by atoms with E-state index in [-0.39, 0.29) is 16.8 Å². The number of fused-ring (bicyclic) bond motifs is 5. The van der Waals surface area contributed by atoms with Crippen LogP contribution in [-0.4, -0.2) is 34.5 Å². The van der Waals surface area contributed by atoms with Gasteiger partial charge in [-0.15, -0.1) is 11.3 Å². The highest BCUT2D eigenvalue weighted by molar-refractivity contribution is 7.13. The molecule has 0 saturated heterocycles. The van der Waals surface area contributed by atoms with Crippen molar-refractivity contribution in [3.05, 3.63) is 87.0 Å². The number of nitrogens with two attached hydrogens (primary N) is 2. The molecule has 0 atom stereocenters. The fraction of sp³-hybridized carbons (Fsp3) is 0.333. The fourth-order valence-corrected chi connectivity index (χ4v) is 8.00. The lowest BCUT2D eigenvalue weighted by Gasteiger charge is -2.18. The molecule has 238 valence electrons. The maximum Gasteiger partial charge on any atom is 0.355 e. The summed E-state index contributed by atoms with van der Waals surface area (Å²) in [5, 5.41) is 15.0. The van der Waals surface area contributed by atoms with Gasteiger partial charge in [-0.3, -0.25) is 9.59 Å². The number of amides is 2. The molecule has 46 heavy (non-hydrogen) atoms. The molecule has 9 nitrogen and oxygen atoms in total. The van der Waals surface area contributed by atoms with E-state index in [9.17, 15) is 19.5 Å². The highest BCUT2D eigenvalue weighted by Gasteiger charge is 2.31. The molecule has 1 aliphatic heterocycles. The molecular weight excluding hydrogens is 600 g/mol. The van der Waals surface area contributed by atoms with Gasteiger partial charge in [0.25, 0.3) is 11.8 Å². The lowest BCUT2D eigenvalue weighted by Crippen LogP contribution is -2.18. The number of anilines is 1. The molecule has 2 fully saturated rings. The van der Waals surface area contributed by atoms with Gasteiger partial charge in [-0.25, -0.2) is 9.78 Å². The second-order valence-electron chi connectivity index (χ2n) is 12.4. The zero-order chi connectivity index (χ0) is 32.5. The first kappa shape index (κ1) is 31.4. The molecule has 3 aliphatic rings. The van der Waals surface area contributed by atoms with E-state index in [0.29, 0.717) is 36.6 Å². The normalized spacial score (nSPS) is 17.5. The number of nitrogens with one attached hydrogen (secondary N) is 1. The van der Waals surface area contributed by atoms with Gasteiger partial charge in [0, 0.05) is 45.8 Å². The standard InChI is InChI=1S/C29H26N4O5S.C7H12/c1-14-9-16(13-30)10-15(2)24(14)33-28(35)20-11-21-23(38-7-5-17-6-8-39-26(17)21)12-19(20)18-3-4-22(27(31)34)32-25(18)29(36)37;1-2-7-4-3-6(1)5-7/h3-4,6,8-12H,5,7,13,30H2,1-2H3,(H2,31,34)(H,33,35)(H,36,37);6-7H,1-5H2. The van der Waals surface area contributed by atoms with Gasteiger partial charge < -0.3 is 26.6 Å². The predicted octanol–water partition coefficient (Wildman–Crippen LogP) is 6.73. The smallest absolute Gasteiger partial charge is 0.355 e. The Bertz CT molecular complexity index is 1810. The van der Waals surface area contributed by atoms with Gasteiger partial charge in [0.1, 0.15) is 11.4 Å². The maximum atomic E-state index is 13.9. The first-order chi connectivity index (χ1) is 22.1. The Morgan fingerprint density at radius 1 is 0.978 bits per heavy atom. The first-order valence-corrected chi connectivity index (χ1v) is 16.5. The number of nitrogens with zero attached hydrogens (tertiary/aromatic N) is 1. The predicted molar refractivity (Wildman–Crippen MR) is 179 cm³/mol. The van der Waals surface area contributed by atoms with E-state index in [0.717, 1.165) is 32.7 Å². The van der Waals surface area contributed by atoms with Crippen LogP contribution < -0.4 is 21.5 Å². The van der Waals surface area contributed by atoms with Crippen LogP contribution in [0.4, 0.5) is 5.69 Å². The molecule has 0 radical (unpaired) electrons. The Morgan fingerprint density at radius 2 is 1.67 bits per heavy atom. The monoisotopic (exact) mass is 638 g/mol. The average molecular weight is 639 g/mol. The van der Waals surface area contributed by atoms with Crippen molar-refractivity contribution in [2.24, 2.45) is 23.3 Å². The number of aromatic carboxylic acids is 1. The van der Waals surface area contributed by atoms with Crippen LogP contribution in [0.3, 0.4) is 0 Å². The van der Waals surface area contributed by atoms with Gasteiger partial charge in [-0.1, -0.05) is 37.8 Å². The second kappa shape index (κ2) is 13.1. The largest absolute Gasteiger partial charge is 0.493 e. The van der Waals surface area contributed by atoms with Crippen molar-refractivity contribution in [3.63, 3.8) is 0 Å². The highest BCUT2D eigenvalue weighted by atomic mass is 32.1. The summed E-state index contributed by atoms with van der Waals surface area (Å²) < 4.78 is 6.05. The summed E-state index contributed by atoms with van der Waals surface area (Å²) in [5.74, 6) is 0.217. The fourth-order valence-electron chi connectivity index (χ4n) is 7.03. The lowest BCUT2D eigenvalue weighted by molar-refractivity contribution is 0.0691. The Morgan fingerprint density at radius 3 is 2.26 bits per heavy atom. The van der Waals surface area contributed by atoms with Crippen LogP contribution in [0.1, 0.15) is 85.7 Å². The van der Waals surface area contributed by atoms with E-state index in [1.54, 1.807) is 55.6 Å². The van der Waals surface area contributed by atoms with Crippen LogP contribution in [0.5, 0.6) is 5.75 Å². The van der Waals surface area contributed by atoms with Gasteiger partial charge in [0.15, 0.2) is 5.69 Å². The molecule has 7 rings (SSSR count). The van der Waals surface area contributed by atoms with Gasteiger partial charge >= 0.3 is 5.97 Å². The molecule has 6 N–H and O–H groups in total. The van der Waals surface area contributed by atoms with Crippen LogP contribution in [-0.2, 0) is 13.0 Å². The molecule has 3 heterocycles. The lowest BCUT2D eigenvalue weighted by atomic mass is 9.93. The van der Waals surface area contributed by atoms with Crippen molar-refractivity contribution in [1.29, 1.82) is 0 Å². The van der Waals surface area contributed by atoms with Gasteiger partial charge in [0.2, 0.25) is 0 Å². The van der Waals surface area contributed by atoms with Crippen molar-refractivity contribution in [2.75, 3.05) is 11.9 Å². The minimum atomic E-state index is -1.36. The number of carboxylic acid groups (broad SMARTS) is 1. The number of ether oxygens (including phenoxy) is 1. The number of aromatic nitrogens is 1. The molecule has 2 bridgehead atoms. The number of carboxylic acids is 1. The molecule has 2 aromatic carbocycles. The van der Waals surface area contributed by atoms with Crippen molar-refractivity contribution in [1.82, 2.24) is 4.98 Å². The number of pyridine rings is 1. The number of hydrogen-bond acceptors (Lipinski definition) is 7. The number of benzene rings is 2. The van der Waals surface area contributed by atoms with Crippen LogP contribution in [0.2, 0.25) is 0 Å². The third-order valence-electron chi connectivity index (χ3n) is 9.32. The van der Waals surface area contributed by atoms with Crippen molar-refractivity contribution in [3.8, 4) is 27.3 Å². The SMILES string of the molecule is C1CC2CCC1C2.Cc1cc(CN)cc(C)c1NC(=O)c1cc2c(cc1-c1ccc(C(N)=O)nc1C(=O)O)OCCc1ccsc1-2. The Kier molecular flexibility index (Phi) is 8.93. The zero-order valence-corrected chi connectivity index (χ0v) is 26.8. The molecule has 2 saturated carbocycles. The summed E-state index contributed by atoms with van der Waals surface area (Å²) >= 11 is 1.55. The van der Waals surface area contributed by atoms with Crippen LogP contribution >= 0.6 is 11.3 Å². The third kappa shape index (κ3) is 6.27. The van der Waals surface area contributed by atoms with Gasteiger partial charge in [0.05, 0.1) is 6.61 Å². The van der Waals surface area contributed by atoms with E-state index >= 15 is 0 Å². The number of carbonyl (C=O) groups excluding carboxylic acids is 2. The Hall–Kier alpha value is -4.54. The second-order valence-corrected chi connectivity index (χ2v) is 13.3.